The molecular formula is C23H22ClN3O5S. The van der Waals surface area contributed by atoms with Gasteiger partial charge in [0, 0.05) is 22.8 Å². The SMILES string of the molecule is Cc1ccc(NC(=O)CN(C)C(=O)COC(=O)CNC(=O)c2sc3ccccc3c2Cl)cc1. The molecular weight excluding hydrogens is 466 g/mol. The van der Waals surface area contributed by atoms with Crippen molar-refractivity contribution in [2.45, 2.75) is 6.92 Å². The number of ether oxygens (including phenoxy) is 1. The number of amides is 3. The predicted molar refractivity (Wildman–Crippen MR) is 128 cm³/mol. The van der Waals surface area contributed by atoms with Crippen LogP contribution in [0.1, 0.15) is 15.2 Å². The molecule has 0 aliphatic rings. The summed E-state index contributed by atoms with van der Waals surface area (Å²) in [4.78, 5) is 50.0. The molecule has 1 heterocycles. The maximum atomic E-state index is 12.4. The number of carbonyl (C=O) groups excluding carboxylic acids is 4. The molecule has 172 valence electrons. The number of esters is 1. The zero-order chi connectivity index (χ0) is 24.0. The Morgan fingerprint density at radius 3 is 2.45 bits per heavy atom. The summed E-state index contributed by atoms with van der Waals surface area (Å²) in [7, 11) is 1.43. The Morgan fingerprint density at radius 1 is 1.06 bits per heavy atom. The van der Waals surface area contributed by atoms with Gasteiger partial charge in [0.1, 0.15) is 11.4 Å². The molecule has 0 fully saturated rings. The Labute approximate surface area is 199 Å². The molecule has 2 N–H and O–H groups in total. The van der Waals surface area contributed by atoms with Crippen LogP contribution in [0.15, 0.2) is 48.5 Å². The summed E-state index contributed by atoms with van der Waals surface area (Å²) in [5, 5.41) is 6.21. The first-order valence-electron chi connectivity index (χ1n) is 9.96. The van der Waals surface area contributed by atoms with Crippen LogP contribution in [-0.4, -0.2) is 55.3 Å². The number of nitrogens with zero attached hydrogens (tertiary/aromatic N) is 1. The summed E-state index contributed by atoms with van der Waals surface area (Å²) in [5.41, 5.74) is 1.68. The number of hydrogen-bond acceptors (Lipinski definition) is 6. The van der Waals surface area contributed by atoms with Gasteiger partial charge in [0.05, 0.1) is 11.6 Å². The number of nitrogens with one attached hydrogen (secondary N) is 2. The Hall–Kier alpha value is -3.43. The second-order valence-electron chi connectivity index (χ2n) is 7.25. The van der Waals surface area contributed by atoms with Gasteiger partial charge < -0.3 is 20.3 Å². The number of benzene rings is 2. The van der Waals surface area contributed by atoms with Crippen LogP contribution in [0, 0.1) is 6.92 Å². The van der Waals surface area contributed by atoms with E-state index in [1.807, 2.05) is 43.3 Å². The number of likely N-dealkylation sites (N-methyl/N-ethyl adjacent to an activating group) is 1. The van der Waals surface area contributed by atoms with Gasteiger partial charge in [-0.05, 0) is 25.1 Å². The van der Waals surface area contributed by atoms with Crippen molar-refractivity contribution in [2.24, 2.45) is 0 Å². The molecule has 10 heteroatoms. The van der Waals surface area contributed by atoms with Crippen molar-refractivity contribution in [3.8, 4) is 0 Å². The third-order valence-corrected chi connectivity index (χ3v) is 6.31. The number of aryl methyl sites for hydroxylation is 1. The topological polar surface area (TPSA) is 105 Å². The Kier molecular flexibility index (Phi) is 8.02. The molecule has 0 radical (unpaired) electrons. The molecule has 0 saturated carbocycles. The Bertz CT molecular complexity index is 1190. The molecule has 0 aliphatic heterocycles. The van der Waals surface area contributed by atoms with Crippen molar-refractivity contribution >= 4 is 62.4 Å². The first-order valence-corrected chi connectivity index (χ1v) is 11.2. The fourth-order valence-electron chi connectivity index (χ4n) is 2.84. The molecule has 0 saturated heterocycles. The van der Waals surface area contributed by atoms with Gasteiger partial charge in [0.15, 0.2) is 6.61 Å². The van der Waals surface area contributed by atoms with Crippen LogP contribution in [0.5, 0.6) is 0 Å². The molecule has 0 aliphatic carbocycles. The third kappa shape index (κ3) is 6.53. The lowest BCUT2D eigenvalue weighted by atomic mass is 10.2. The molecule has 3 aromatic rings. The summed E-state index contributed by atoms with van der Waals surface area (Å²) in [6.45, 7) is 0.760. The second kappa shape index (κ2) is 10.9. The number of carbonyl (C=O) groups is 4. The van der Waals surface area contributed by atoms with Gasteiger partial charge in [-0.1, -0.05) is 47.5 Å². The highest BCUT2D eigenvalue weighted by Gasteiger charge is 2.19. The van der Waals surface area contributed by atoms with E-state index in [9.17, 15) is 19.2 Å². The van der Waals surface area contributed by atoms with Crippen LogP contribution in [0.4, 0.5) is 5.69 Å². The van der Waals surface area contributed by atoms with Gasteiger partial charge >= 0.3 is 5.97 Å². The van der Waals surface area contributed by atoms with Crippen molar-refractivity contribution in [1.82, 2.24) is 10.2 Å². The highest BCUT2D eigenvalue weighted by atomic mass is 35.5. The molecule has 1 aromatic heterocycles. The van der Waals surface area contributed by atoms with Crippen molar-refractivity contribution < 1.29 is 23.9 Å². The van der Waals surface area contributed by atoms with E-state index < -0.39 is 30.9 Å². The van der Waals surface area contributed by atoms with E-state index in [1.54, 1.807) is 12.1 Å². The van der Waals surface area contributed by atoms with E-state index in [0.717, 1.165) is 20.5 Å². The summed E-state index contributed by atoms with van der Waals surface area (Å²) in [6.07, 6.45) is 0. The van der Waals surface area contributed by atoms with Crippen molar-refractivity contribution in [2.75, 3.05) is 32.1 Å². The van der Waals surface area contributed by atoms with Crippen LogP contribution in [0.3, 0.4) is 0 Å². The van der Waals surface area contributed by atoms with Crippen molar-refractivity contribution in [3.63, 3.8) is 0 Å². The minimum atomic E-state index is -0.786. The number of anilines is 1. The normalized spacial score (nSPS) is 10.5. The zero-order valence-electron chi connectivity index (χ0n) is 18.0. The molecule has 8 nitrogen and oxygen atoms in total. The van der Waals surface area contributed by atoms with E-state index in [2.05, 4.69) is 10.6 Å². The molecule has 33 heavy (non-hydrogen) atoms. The molecule has 0 bridgehead atoms. The summed E-state index contributed by atoms with van der Waals surface area (Å²) in [5.74, 6) is -2.23. The van der Waals surface area contributed by atoms with E-state index >= 15 is 0 Å². The minimum Gasteiger partial charge on any atom is -0.454 e. The highest BCUT2D eigenvalue weighted by molar-refractivity contribution is 7.21. The average Bonchev–Trinajstić information content (AvgIpc) is 3.14. The third-order valence-electron chi connectivity index (χ3n) is 4.63. The lowest BCUT2D eigenvalue weighted by Gasteiger charge is -2.17. The van der Waals surface area contributed by atoms with E-state index in [4.69, 9.17) is 16.3 Å². The predicted octanol–water partition coefficient (Wildman–Crippen LogP) is 3.23. The van der Waals surface area contributed by atoms with Crippen LogP contribution >= 0.6 is 22.9 Å². The molecule has 0 atom stereocenters. The van der Waals surface area contributed by atoms with Gasteiger partial charge in [0.2, 0.25) is 5.91 Å². The van der Waals surface area contributed by atoms with Crippen LogP contribution in [0.2, 0.25) is 5.02 Å². The van der Waals surface area contributed by atoms with Crippen molar-refractivity contribution in [1.29, 1.82) is 0 Å². The van der Waals surface area contributed by atoms with Crippen molar-refractivity contribution in [3.05, 3.63) is 64.0 Å². The van der Waals surface area contributed by atoms with Gasteiger partial charge in [-0.2, -0.15) is 0 Å². The van der Waals surface area contributed by atoms with E-state index in [1.165, 1.54) is 18.4 Å². The van der Waals surface area contributed by atoms with E-state index in [0.29, 0.717) is 15.6 Å². The molecule has 3 rings (SSSR count). The van der Waals surface area contributed by atoms with Crippen LogP contribution < -0.4 is 10.6 Å². The number of thiophene rings is 1. The van der Waals surface area contributed by atoms with E-state index in [-0.39, 0.29) is 12.5 Å². The largest absolute Gasteiger partial charge is 0.454 e. The lowest BCUT2D eigenvalue weighted by molar-refractivity contribution is -0.150. The monoisotopic (exact) mass is 487 g/mol. The second-order valence-corrected chi connectivity index (χ2v) is 8.68. The number of fused-ring (bicyclic) bond motifs is 1. The number of halogens is 1. The summed E-state index contributed by atoms with van der Waals surface area (Å²) >= 11 is 7.47. The lowest BCUT2D eigenvalue weighted by Crippen LogP contribution is -2.38. The molecule has 2 aromatic carbocycles. The van der Waals surface area contributed by atoms with Gasteiger partial charge in [-0.25, -0.2) is 0 Å². The Balaban J connectivity index is 1.41. The maximum absolute atomic E-state index is 12.4. The van der Waals surface area contributed by atoms with Gasteiger partial charge in [0.25, 0.3) is 11.8 Å². The summed E-state index contributed by atoms with van der Waals surface area (Å²) in [6, 6.07) is 14.6. The molecule has 3 amide bonds. The number of rotatable bonds is 8. The first-order chi connectivity index (χ1) is 15.7. The first kappa shape index (κ1) is 24.2. The molecule has 0 unspecified atom stereocenters. The fourth-order valence-corrected chi connectivity index (χ4v) is 4.27. The van der Waals surface area contributed by atoms with Gasteiger partial charge in [-0.3, -0.25) is 19.2 Å². The standard InChI is InChI=1S/C23H22ClN3O5S/c1-14-7-9-15(10-8-14)26-18(28)12-27(2)19(29)13-32-20(30)11-25-23(31)22-21(24)16-5-3-4-6-17(16)33-22/h3-10H,11-13H2,1-2H3,(H,25,31)(H,26,28). The van der Waals surface area contributed by atoms with Gasteiger partial charge in [-0.15, -0.1) is 11.3 Å². The zero-order valence-corrected chi connectivity index (χ0v) is 19.6. The summed E-state index contributed by atoms with van der Waals surface area (Å²) < 4.78 is 5.76. The smallest absolute Gasteiger partial charge is 0.325 e. The average molecular weight is 488 g/mol. The fraction of sp³-hybridized carbons (Fsp3) is 0.217. The minimum absolute atomic E-state index is 0.203. The van der Waals surface area contributed by atoms with Crippen LogP contribution in [0.25, 0.3) is 10.1 Å². The van der Waals surface area contributed by atoms with Crippen LogP contribution in [-0.2, 0) is 19.1 Å². The quantitative estimate of drug-likeness (QED) is 0.475. The highest BCUT2D eigenvalue weighted by Crippen LogP contribution is 2.34. The number of hydrogen-bond donors (Lipinski definition) is 2. The molecule has 0 spiro atoms. The maximum Gasteiger partial charge on any atom is 0.325 e. The Morgan fingerprint density at radius 2 is 1.76 bits per heavy atom.